The van der Waals surface area contributed by atoms with Crippen LogP contribution in [0.4, 0.5) is 5.69 Å². The van der Waals surface area contributed by atoms with Gasteiger partial charge in [-0.15, -0.1) is 0 Å². The summed E-state index contributed by atoms with van der Waals surface area (Å²) in [6.45, 7) is 8.58. The molecule has 2 fully saturated rings. The first-order chi connectivity index (χ1) is 18.6. The number of nitrogens with one attached hydrogen (secondary N) is 1. The Kier molecular flexibility index (Phi) is 6.87. The number of aryl methyl sites for hydroxylation is 1. The summed E-state index contributed by atoms with van der Waals surface area (Å²) in [6.07, 6.45) is 1.86. The van der Waals surface area contributed by atoms with E-state index < -0.39 is 0 Å². The molecule has 0 radical (unpaired) electrons. The van der Waals surface area contributed by atoms with Gasteiger partial charge in [0, 0.05) is 48.6 Å². The fraction of sp³-hybridized carbons (Fsp3) is 0.290. The van der Waals surface area contributed by atoms with Crippen molar-refractivity contribution in [1.29, 1.82) is 0 Å². The van der Waals surface area contributed by atoms with Gasteiger partial charge in [0.25, 0.3) is 0 Å². The van der Waals surface area contributed by atoms with Crippen molar-refractivity contribution in [2.75, 3.05) is 31.2 Å². The highest BCUT2D eigenvalue weighted by atomic mass is 32.1. The third-order valence-corrected chi connectivity index (χ3v) is 8.02. The number of hydrogen-bond donors (Lipinski definition) is 1. The van der Waals surface area contributed by atoms with Crippen molar-refractivity contribution < 1.29 is 4.74 Å². The second-order valence-corrected chi connectivity index (χ2v) is 10.4. The van der Waals surface area contributed by atoms with Crippen LogP contribution in [0.2, 0.25) is 0 Å². The molecule has 0 spiro atoms. The maximum atomic E-state index is 5.91. The van der Waals surface area contributed by atoms with E-state index in [1.807, 2.05) is 18.3 Å². The summed E-state index contributed by atoms with van der Waals surface area (Å²) in [7, 11) is 0. The molecule has 0 aliphatic carbocycles. The lowest BCUT2D eigenvalue weighted by Crippen LogP contribution is -2.36. The Hall–Kier alpha value is -3.68. The number of anilines is 1. The van der Waals surface area contributed by atoms with Gasteiger partial charge >= 0.3 is 0 Å². The van der Waals surface area contributed by atoms with Gasteiger partial charge in [-0.2, -0.15) is 0 Å². The first kappa shape index (κ1) is 24.6. The molecule has 38 heavy (non-hydrogen) atoms. The third-order valence-electron chi connectivity index (χ3n) is 7.67. The monoisotopic (exact) mass is 523 g/mol. The number of ether oxygens (including phenoxy) is 1. The average Bonchev–Trinajstić information content (AvgIpc) is 3.44. The van der Waals surface area contributed by atoms with E-state index in [1.54, 1.807) is 0 Å². The lowest BCUT2D eigenvalue weighted by molar-refractivity contribution is 0.122. The van der Waals surface area contributed by atoms with Crippen LogP contribution >= 0.6 is 12.2 Å². The summed E-state index contributed by atoms with van der Waals surface area (Å²) < 4.78 is 7.88. The molecule has 0 saturated carbocycles. The first-order valence-corrected chi connectivity index (χ1v) is 13.6. The third kappa shape index (κ3) is 4.68. The molecular formula is C31H33N5OS. The van der Waals surface area contributed by atoms with E-state index in [0.29, 0.717) is 0 Å². The summed E-state index contributed by atoms with van der Waals surface area (Å²) in [5.74, 6) is 0. The zero-order chi connectivity index (χ0) is 26.1. The molecule has 2 aromatic carbocycles. The van der Waals surface area contributed by atoms with Gasteiger partial charge in [-0.1, -0.05) is 36.4 Å². The quantitative estimate of drug-likeness (QED) is 0.337. The van der Waals surface area contributed by atoms with Crippen molar-refractivity contribution in [2.45, 2.75) is 32.5 Å². The van der Waals surface area contributed by atoms with E-state index in [9.17, 15) is 0 Å². The van der Waals surface area contributed by atoms with E-state index >= 15 is 0 Å². The zero-order valence-corrected chi connectivity index (χ0v) is 22.7. The Morgan fingerprint density at radius 2 is 1.63 bits per heavy atom. The molecule has 4 heterocycles. The van der Waals surface area contributed by atoms with E-state index in [0.717, 1.165) is 43.7 Å². The second-order valence-electron chi connectivity index (χ2n) is 10.0. The standard InChI is InChI=1S/C31H33N5OS/c1-22-20-27(23(2)36(22)26-13-11-25(12-14-26)34-16-18-37-19-17-34)30-29(28-10-6-7-15-32-28)33-31(38)35(30)21-24-8-4-3-5-9-24/h3-15,20,29-30H,16-19,21H2,1-2H3,(H,33,38)/t29-,30+/m0/s1. The first-order valence-electron chi connectivity index (χ1n) is 13.2. The van der Waals surface area contributed by atoms with Gasteiger partial charge in [0.2, 0.25) is 0 Å². The molecule has 0 unspecified atom stereocenters. The van der Waals surface area contributed by atoms with Crippen molar-refractivity contribution in [3.8, 4) is 5.69 Å². The highest BCUT2D eigenvalue weighted by Gasteiger charge is 2.41. The minimum absolute atomic E-state index is 0.0187. The summed E-state index contributed by atoms with van der Waals surface area (Å²) >= 11 is 5.91. The van der Waals surface area contributed by atoms with Gasteiger partial charge in [-0.25, -0.2) is 0 Å². The zero-order valence-electron chi connectivity index (χ0n) is 21.9. The molecule has 6 nitrogen and oxygen atoms in total. The van der Waals surface area contributed by atoms with E-state index in [-0.39, 0.29) is 12.1 Å². The molecular weight excluding hydrogens is 490 g/mol. The van der Waals surface area contributed by atoms with Gasteiger partial charge in [-0.05, 0) is 79.7 Å². The minimum Gasteiger partial charge on any atom is -0.378 e. The fourth-order valence-corrected chi connectivity index (χ4v) is 6.12. The molecule has 2 atom stereocenters. The fourth-order valence-electron chi connectivity index (χ4n) is 5.81. The Bertz CT molecular complexity index is 1400. The number of morpholine rings is 1. The molecule has 2 aromatic heterocycles. The SMILES string of the molecule is Cc1cc([C@@H]2[C@H](c3ccccn3)NC(=S)N2Cc2ccccc2)c(C)n1-c1ccc(N2CCOCC2)cc1. The lowest BCUT2D eigenvalue weighted by atomic mass is 9.96. The van der Waals surface area contributed by atoms with Crippen LogP contribution in [0.5, 0.6) is 0 Å². The molecule has 7 heteroatoms. The Morgan fingerprint density at radius 3 is 2.34 bits per heavy atom. The summed E-state index contributed by atoms with van der Waals surface area (Å²) in [6, 6.07) is 27.8. The van der Waals surface area contributed by atoms with Crippen molar-refractivity contribution in [3.05, 3.63) is 113 Å². The molecule has 6 rings (SSSR count). The van der Waals surface area contributed by atoms with Crippen LogP contribution in [0, 0.1) is 13.8 Å². The van der Waals surface area contributed by atoms with Crippen molar-refractivity contribution in [1.82, 2.24) is 19.8 Å². The van der Waals surface area contributed by atoms with Gasteiger partial charge in [0.15, 0.2) is 5.11 Å². The van der Waals surface area contributed by atoms with Crippen LogP contribution in [0.3, 0.4) is 0 Å². The number of benzene rings is 2. The Morgan fingerprint density at radius 1 is 0.921 bits per heavy atom. The van der Waals surface area contributed by atoms with Gasteiger partial charge in [-0.3, -0.25) is 4.98 Å². The second kappa shape index (κ2) is 10.6. The van der Waals surface area contributed by atoms with E-state index in [4.69, 9.17) is 21.9 Å². The molecule has 1 N–H and O–H groups in total. The predicted molar refractivity (Wildman–Crippen MR) is 156 cm³/mol. The average molecular weight is 524 g/mol. The highest BCUT2D eigenvalue weighted by Crippen LogP contribution is 2.42. The van der Waals surface area contributed by atoms with Crippen LogP contribution in [0.1, 0.15) is 40.3 Å². The maximum absolute atomic E-state index is 5.91. The number of aromatic nitrogens is 2. The largest absolute Gasteiger partial charge is 0.378 e. The van der Waals surface area contributed by atoms with Crippen molar-refractivity contribution in [3.63, 3.8) is 0 Å². The lowest BCUT2D eigenvalue weighted by Gasteiger charge is -2.29. The van der Waals surface area contributed by atoms with Gasteiger partial charge in [0.1, 0.15) is 0 Å². The number of pyridine rings is 1. The number of thiocarbonyl (C=S) groups is 1. The van der Waals surface area contributed by atoms with E-state index in [1.165, 1.54) is 33.9 Å². The van der Waals surface area contributed by atoms with Crippen LogP contribution in [0.15, 0.2) is 85.1 Å². The summed E-state index contributed by atoms with van der Waals surface area (Å²) in [5, 5.41) is 4.36. The topological polar surface area (TPSA) is 45.6 Å². The number of nitrogens with zero attached hydrogens (tertiary/aromatic N) is 4. The van der Waals surface area contributed by atoms with E-state index in [2.05, 4.69) is 100 Å². The van der Waals surface area contributed by atoms with Crippen molar-refractivity contribution in [2.24, 2.45) is 0 Å². The molecule has 2 aliphatic rings. The Balaban J connectivity index is 1.38. The summed E-state index contributed by atoms with van der Waals surface area (Å²) in [4.78, 5) is 9.42. The minimum atomic E-state index is -0.0370. The molecule has 2 saturated heterocycles. The Labute approximate surface area is 229 Å². The molecule has 194 valence electrons. The van der Waals surface area contributed by atoms with Crippen LogP contribution in [-0.2, 0) is 11.3 Å². The van der Waals surface area contributed by atoms with Gasteiger partial charge in [0.05, 0.1) is 31.0 Å². The normalized spacial score (nSPS) is 19.6. The van der Waals surface area contributed by atoms with Crippen LogP contribution in [-0.4, -0.2) is 45.9 Å². The van der Waals surface area contributed by atoms with Crippen LogP contribution < -0.4 is 10.2 Å². The maximum Gasteiger partial charge on any atom is 0.170 e. The van der Waals surface area contributed by atoms with Crippen molar-refractivity contribution >= 4 is 23.0 Å². The van der Waals surface area contributed by atoms with Gasteiger partial charge < -0.3 is 24.4 Å². The number of hydrogen-bond acceptors (Lipinski definition) is 4. The summed E-state index contributed by atoms with van der Waals surface area (Å²) in [5.41, 5.74) is 8.32. The molecule has 0 amide bonds. The van der Waals surface area contributed by atoms with Crippen LogP contribution in [0.25, 0.3) is 5.69 Å². The molecule has 0 bridgehead atoms. The predicted octanol–water partition coefficient (Wildman–Crippen LogP) is 5.50. The molecule has 4 aromatic rings. The number of rotatable bonds is 6. The highest BCUT2D eigenvalue weighted by molar-refractivity contribution is 7.80. The molecule has 2 aliphatic heterocycles. The smallest absolute Gasteiger partial charge is 0.170 e.